The van der Waals surface area contributed by atoms with Gasteiger partial charge in [-0.05, 0) is 36.8 Å². The number of carbonyl (C=O) groups is 2. The molecule has 0 bridgehead atoms. The van der Waals surface area contributed by atoms with Gasteiger partial charge in [0.2, 0.25) is 11.8 Å². The molecule has 0 radical (unpaired) electrons. The van der Waals surface area contributed by atoms with Crippen molar-refractivity contribution in [3.63, 3.8) is 0 Å². The molecule has 2 aromatic carbocycles. The molecule has 0 atom stereocenters. The average Bonchev–Trinajstić information content (AvgIpc) is 3.19. The van der Waals surface area contributed by atoms with Gasteiger partial charge < -0.3 is 4.74 Å². The highest BCUT2D eigenvalue weighted by atomic mass is 35.5. The van der Waals surface area contributed by atoms with Crippen LogP contribution in [0.1, 0.15) is 18.5 Å². The summed E-state index contributed by atoms with van der Waals surface area (Å²) < 4.78 is 18.8. The Balaban J connectivity index is 1.36. The van der Waals surface area contributed by atoms with E-state index in [9.17, 15) is 14.0 Å². The van der Waals surface area contributed by atoms with Crippen LogP contribution in [0.5, 0.6) is 5.75 Å². The second kappa shape index (κ2) is 11.1. The number of rotatable bonds is 8. The molecule has 6 nitrogen and oxygen atoms in total. The molecule has 10 heteroatoms. The summed E-state index contributed by atoms with van der Waals surface area (Å²) in [5.74, 6) is -0.622. The maximum absolute atomic E-state index is 13.3. The molecular formula is C21H18Cl2FN3O3S. The number of hydrogen-bond donors (Lipinski definition) is 2. The van der Waals surface area contributed by atoms with E-state index in [-0.39, 0.29) is 31.2 Å². The number of ether oxygens (including phenoxy) is 1. The van der Waals surface area contributed by atoms with Crippen LogP contribution in [-0.2, 0) is 16.0 Å². The SMILES string of the molecule is O=C(CCCOc1ccc(Cl)cc1Cl)NNC(=O)Cc1csc(-c2cccc(F)c2)n1. The fourth-order valence-electron chi connectivity index (χ4n) is 2.56. The van der Waals surface area contributed by atoms with Gasteiger partial charge in [0, 0.05) is 22.4 Å². The minimum Gasteiger partial charge on any atom is -0.492 e. The Bertz CT molecular complexity index is 1080. The van der Waals surface area contributed by atoms with Gasteiger partial charge in [-0.15, -0.1) is 11.3 Å². The van der Waals surface area contributed by atoms with Gasteiger partial charge in [0.1, 0.15) is 16.6 Å². The van der Waals surface area contributed by atoms with Crippen molar-refractivity contribution in [1.29, 1.82) is 0 Å². The first-order valence-electron chi connectivity index (χ1n) is 9.26. The summed E-state index contributed by atoms with van der Waals surface area (Å²) in [6.45, 7) is 0.282. The van der Waals surface area contributed by atoms with Gasteiger partial charge in [0.05, 0.1) is 23.7 Å². The van der Waals surface area contributed by atoms with E-state index < -0.39 is 5.91 Å². The Labute approximate surface area is 192 Å². The minimum atomic E-state index is -0.409. The summed E-state index contributed by atoms with van der Waals surface area (Å²) in [5.41, 5.74) is 5.88. The highest BCUT2D eigenvalue weighted by Crippen LogP contribution is 2.27. The zero-order valence-electron chi connectivity index (χ0n) is 16.2. The predicted molar refractivity (Wildman–Crippen MR) is 119 cm³/mol. The van der Waals surface area contributed by atoms with Crippen molar-refractivity contribution in [2.45, 2.75) is 19.3 Å². The van der Waals surface area contributed by atoms with Crippen molar-refractivity contribution in [3.8, 4) is 16.3 Å². The minimum absolute atomic E-state index is 0.00965. The molecule has 0 aliphatic carbocycles. The van der Waals surface area contributed by atoms with Gasteiger partial charge in [-0.25, -0.2) is 9.37 Å². The second-order valence-electron chi connectivity index (χ2n) is 6.45. The largest absolute Gasteiger partial charge is 0.492 e. The summed E-state index contributed by atoms with van der Waals surface area (Å²) in [6, 6.07) is 11.0. The number of halogens is 3. The van der Waals surface area contributed by atoms with Crippen LogP contribution in [0.25, 0.3) is 10.6 Å². The molecule has 1 aromatic heterocycles. The van der Waals surface area contributed by atoms with Gasteiger partial charge in [-0.3, -0.25) is 20.4 Å². The summed E-state index contributed by atoms with van der Waals surface area (Å²) >= 11 is 13.1. The Morgan fingerprint density at radius 3 is 2.68 bits per heavy atom. The number of thiazole rings is 1. The zero-order chi connectivity index (χ0) is 22.2. The number of carbonyl (C=O) groups excluding carboxylic acids is 2. The Morgan fingerprint density at radius 2 is 1.90 bits per heavy atom. The van der Waals surface area contributed by atoms with Crippen molar-refractivity contribution in [3.05, 3.63) is 69.4 Å². The second-order valence-corrected chi connectivity index (χ2v) is 8.16. The van der Waals surface area contributed by atoms with Crippen LogP contribution in [0, 0.1) is 5.82 Å². The molecule has 0 fully saturated rings. The van der Waals surface area contributed by atoms with Crippen LogP contribution < -0.4 is 15.6 Å². The number of hydrogen-bond acceptors (Lipinski definition) is 5. The Kier molecular flexibility index (Phi) is 8.22. The lowest BCUT2D eigenvalue weighted by atomic mass is 10.2. The van der Waals surface area contributed by atoms with Crippen LogP contribution in [0.2, 0.25) is 10.0 Å². The third-order valence-electron chi connectivity index (χ3n) is 4.01. The first-order chi connectivity index (χ1) is 14.9. The predicted octanol–water partition coefficient (Wildman–Crippen LogP) is 4.81. The van der Waals surface area contributed by atoms with Crippen LogP contribution in [0.4, 0.5) is 4.39 Å². The quantitative estimate of drug-likeness (QED) is 0.357. The van der Waals surface area contributed by atoms with E-state index in [1.807, 2.05) is 0 Å². The van der Waals surface area contributed by atoms with Crippen LogP contribution in [0.3, 0.4) is 0 Å². The fraction of sp³-hybridized carbons (Fsp3) is 0.190. The molecule has 0 saturated heterocycles. The van der Waals surface area contributed by atoms with Gasteiger partial charge in [0.15, 0.2) is 0 Å². The summed E-state index contributed by atoms with van der Waals surface area (Å²) in [6.07, 6.45) is 0.583. The summed E-state index contributed by atoms with van der Waals surface area (Å²) in [4.78, 5) is 28.2. The normalized spacial score (nSPS) is 10.5. The van der Waals surface area contributed by atoms with E-state index in [0.717, 1.165) is 0 Å². The van der Waals surface area contributed by atoms with Gasteiger partial charge in [-0.1, -0.05) is 35.3 Å². The lowest BCUT2D eigenvalue weighted by Crippen LogP contribution is -2.42. The third-order valence-corrected chi connectivity index (χ3v) is 5.48. The smallest absolute Gasteiger partial charge is 0.244 e. The fourth-order valence-corrected chi connectivity index (χ4v) is 3.84. The van der Waals surface area contributed by atoms with E-state index in [1.54, 1.807) is 35.7 Å². The molecule has 2 amide bonds. The maximum atomic E-state index is 13.3. The number of nitrogens with one attached hydrogen (secondary N) is 2. The van der Waals surface area contributed by atoms with Gasteiger partial charge >= 0.3 is 0 Å². The van der Waals surface area contributed by atoms with E-state index >= 15 is 0 Å². The van der Waals surface area contributed by atoms with Crippen molar-refractivity contribution in [1.82, 2.24) is 15.8 Å². The van der Waals surface area contributed by atoms with Gasteiger partial charge in [-0.2, -0.15) is 0 Å². The van der Waals surface area contributed by atoms with E-state index in [0.29, 0.717) is 38.5 Å². The maximum Gasteiger partial charge on any atom is 0.244 e. The molecular weight excluding hydrogens is 464 g/mol. The van der Waals surface area contributed by atoms with E-state index in [2.05, 4.69) is 15.8 Å². The Hall–Kier alpha value is -2.68. The van der Waals surface area contributed by atoms with Crippen LogP contribution >= 0.6 is 34.5 Å². The number of benzene rings is 2. The first-order valence-corrected chi connectivity index (χ1v) is 10.9. The number of amides is 2. The summed E-state index contributed by atoms with van der Waals surface area (Å²) in [5, 5.41) is 3.25. The first kappa shape index (κ1) is 23.0. The number of aromatic nitrogens is 1. The monoisotopic (exact) mass is 481 g/mol. The lowest BCUT2D eigenvalue weighted by Gasteiger charge is -2.09. The van der Waals surface area contributed by atoms with Crippen LogP contribution in [0.15, 0.2) is 47.8 Å². The summed E-state index contributed by atoms with van der Waals surface area (Å²) in [7, 11) is 0. The lowest BCUT2D eigenvalue weighted by molar-refractivity contribution is -0.128. The van der Waals surface area contributed by atoms with Crippen molar-refractivity contribution in [2.75, 3.05) is 6.61 Å². The van der Waals surface area contributed by atoms with Crippen molar-refractivity contribution >= 4 is 46.4 Å². The molecule has 0 aliphatic heterocycles. The van der Waals surface area contributed by atoms with Crippen molar-refractivity contribution in [2.24, 2.45) is 0 Å². The molecule has 2 N–H and O–H groups in total. The number of nitrogens with zero attached hydrogens (tertiary/aromatic N) is 1. The van der Waals surface area contributed by atoms with E-state index in [4.69, 9.17) is 27.9 Å². The van der Waals surface area contributed by atoms with Crippen molar-refractivity contribution < 1.29 is 18.7 Å². The average molecular weight is 482 g/mol. The highest BCUT2D eigenvalue weighted by molar-refractivity contribution is 7.13. The standard InChI is InChI=1S/C21H18Cl2FN3O3S/c22-14-6-7-18(17(23)10-14)30-8-2-5-19(28)26-27-20(29)11-16-12-31-21(25-16)13-3-1-4-15(24)9-13/h1,3-4,6-7,9-10,12H,2,5,8,11H2,(H,26,28)(H,27,29). The molecule has 0 aliphatic rings. The number of hydrazine groups is 1. The molecule has 0 spiro atoms. The van der Waals surface area contributed by atoms with Crippen LogP contribution in [-0.4, -0.2) is 23.4 Å². The third kappa shape index (κ3) is 7.20. The van der Waals surface area contributed by atoms with E-state index in [1.165, 1.54) is 23.5 Å². The molecule has 31 heavy (non-hydrogen) atoms. The molecule has 162 valence electrons. The Morgan fingerprint density at radius 1 is 1.10 bits per heavy atom. The zero-order valence-corrected chi connectivity index (χ0v) is 18.5. The molecule has 1 heterocycles. The topological polar surface area (TPSA) is 80.3 Å². The molecule has 0 saturated carbocycles. The molecule has 3 rings (SSSR count). The molecule has 3 aromatic rings. The molecule has 0 unspecified atom stereocenters. The van der Waals surface area contributed by atoms with Gasteiger partial charge in [0.25, 0.3) is 0 Å². The highest BCUT2D eigenvalue weighted by Gasteiger charge is 2.11.